The lowest BCUT2D eigenvalue weighted by Crippen LogP contribution is -2.29. The van der Waals surface area contributed by atoms with Gasteiger partial charge in [-0.05, 0) is 18.2 Å². The quantitative estimate of drug-likeness (QED) is 0.606. The average molecular weight is 274 g/mol. The molecule has 0 saturated heterocycles. The molecule has 0 aromatic heterocycles. The van der Waals surface area contributed by atoms with Crippen molar-refractivity contribution in [3.05, 3.63) is 29.8 Å². The van der Waals surface area contributed by atoms with Crippen LogP contribution in [0.15, 0.2) is 24.3 Å². The number of nitrogens with one attached hydrogen (secondary N) is 2. The van der Waals surface area contributed by atoms with E-state index in [0.717, 1.165) is 0 Å². The first-order valence-corrected chi connectivity index (χ1v) is 5.78. The summed E-state index contributed by atoms with van der Waals surface area (Å²) in [5, 5.41) is 4.91. The number of ether oxygens (including phenoxy) is 1. The standard InChI is InChI=1S/C14H14N2O4/c1-3-7-15-13(18)9-20-14(19)11-5-4-6-12(8-11)16-10(2)17/h1,4-6,8H,7,9H2,2H3,(H,15,18)(H,16,17). The molecule has 2 amide bonds. The van der Waals surface area contributed by atoms with Crippen molar-refractivity contribution in [1.82, 2.24) is 5.32 Å². The van der Waals surface area contributed by atoms with E-state index in [0.29, 0.717) is 5.69 Å². The molecular formula is C14H14N2O4. The van der Waals surface area contributed by atoms with Gasteiger partial charge in [0.1, 0.15) is 0 Å². The second-order valence-corrected chi connectivity index (χ2v) is 3.82. The maximum Gasteiger partial charge on any atom is 0.338 e. The Kier molecular flexibility index (Phi) is 5.78. The normalized spacial score (nSPS) is 9.20. The number of hydrogen-bond donors (Lipinski definition) is 2. The molecule has 0 atom stereocenters. The zero-order valence-electron chi connectivity index (χ0n) is 10.9. The zero-order chi connectivity index (χ0) is 15.0. The van der Waals surface area contributed by atoms with E-state index in [1.807, 2.05) is 0 Å². The van der Waals surface area contributed by atoms with Gasteiger partial charge in [-0.1, -0.05) is 12.0 Å². The highest BCUT2D eigenvalue weighted by molar-refractivity contribution is 5.94. The van der Waals surface area contributed by atoms with Crippen LogP contribution in [-0.4, -0.2) is 30.9 Å². The molecule has 104 valence electrons. The number of rotatable bonds is 5. The Labute approximate surface area is 116 Å². The van der Waals surface area contributed by atoms with E-state index in [-0.39, 0.29) is 18.0 Å². The molecule has 0 saturated carbocycles. The van der Waals surface area contributed by atoms with Crippen LogP contribution >= 0.6 is 0 Å². The number of carbonyl (C=O) groups excluding carboxylic acids is 3. The van der Waals surface area contributed by atoms with E-state index >= 15 is 0 Å². The van der Waals surface area contributed by atoms with Crippen LogP contribution in [0.5, 0.6) is 0 Å². The Morgan fingerprint density at radius 3 is 2.75 bits per heavy atom. The minimum atomic E-state index is -0.659. The lowest BCUT2D eigenvalue weighted by molar-refractivity contribution is -0.124. The maximum atomic E-state index is 11.7. The number of amides is 2. The molecule has 0 aliphatic rings. The number of hydrogen-bond acceptors (Lipinski definition) is 4. The first kappa shape index (κ1) is 15.2. The van der Waals surface area contributed by atoms with Crippen molar-refractivity contribution in [2.75, 3.05) is 18.5 Å². The first-order valence-electron chi connectivity index (χ1n) is 5.78. The van der Waals surface area contributed by atoms with Crippen LogP contribution in [0.25, 0.3) is 0 Å². The highest BCUT2D eigenvalue weighted by Crippen LogP contribution is 2.11. The second-order valence-electron chi connectivity index (χ2n) is 3.82. The summed E-state index contributed by atoms with van der Waals surface area (Å²) in [5.41, 5.74) is 0.713. The third kappa shape index (κ3) is 5.23. The van der Waals surface area contributed by atoms with E-state index in [1.165, 1.54) is 19.1 Å². The fourth-order valence-corrected chi connectivity index (χ4v) is 1.34. The fourth-order valence-electron chi connectivity index (χ4n) is 1.34. The molecule has 0 fully saturated rings. The van der Waals surface area contributed by atoms with Gasteiger partial charge in [-0.3, -0.25) is 9.59 Å². The van der Waals surface area contributed by atoms with Crippen molar-refractivity contribution >= 4 is 23.5 Å². The number of esters is 1. The van der Waals surface area contributed by atoms with Gasteiger partial charge in [-0.15, -0.1) is 6.42 Å². The predicted octanol–water partition coefficient (Wildman–Crippen LogP) is 0.551. The van der Waals surface area contributed by atoms with E-state index in [2.05, 4.69) is 16.6 Å². The summed E-state index contributed by atoms with van der Waals surface area (Å²) in [6, 6.07) is 6.22. The average Bonchev–Trinajstić information content (AvgIpc) is 2.42. The number of carbonyl (C=O) groups is 3. The molecule has 0 spiro atoms. The van der Waals surface area contributed by atoms with Crippen LogP contribution in [0.3, 0.4) is 0 Å². The van der Waals surface area contributed by atoms with Crippen molar-refractivity contribution in [2.24, 2.45) is 0 Å². The van der Waals surface area contributed by atoms with Gasteiger partial charge in [-0.25, -0.2) is 4.79 Å². The van der Waals surface area contributed by atoms with Crippen molar-refractivity contribution < 1.29 is 19.1 Å². The highest BCUT2D eigenvalue weighted by atomic mass is 16.5. The molecular weight excluding hydrogens is 260 g/mol. The van der Waals surface area contributed by atoms with Crippen molar-refractivity contribution in [3.8, 4) is 12.3 Å². The van der Waals surface area contributed by atoms with Crippen LogP contribution in [0.2, 0.25) is 0 Å². The molecule has 0 aliphatic heterocycles. The predicted molar refractivity (Wildman–Crippen MR) is 72.9 cm³/mol. The Hall–Kier alpha value is -2.81. The Balaban J connectivity index is 2.57. The molecule has 0 heterocycles. The molecule has 1 rings (SSSR count). The van der Waals surface area contributed by atoms with Gasteiger partial charge in [-0.2, -0.15) is 0 Å². The van der Waals surface area contributed by atoms with Crippen LogP contribution in [0.4, 0.5) is 5.69 Å². The Morgan fingerprint density at radius 2 is 2.10 bits per heavy atom. The summed E-state index contributed by atoms with van der Waals surface area (Å²) in [6.07, 6.45) is 4.97. The third-order valence-corrected chi connectivity index (χ3v) is 2.14. The Bertz CT molecular complexity index is 561. The summed E-state index contributed by atoms with van der Waals surface area (Å²) in [4.78, 5) is 33.8. The number of benzene rings is 1. The van der Waals surface area contributed by atoms with Crippen molar-refractivity contribution in [3.63, 3.8) is 0 Å². The number of terminal acetylenes is 1. The van der Waals surface area contributed by atoms with Crippen molar-refractivity contribution in [2.45, 2.75) is 6.92 Å². The lowest BCUT2D eigenvalue weighted by Gasteiger charge is -2.06. The van der Waals surface area contributed by atoms with E-state index < -0.39 is 18.5 Å². The molecule has 6 heteroatoms. The molecule has 1 aromatic rings. The third-order valence-electron chi connectivity index (χ3n) is 2.14. The topological polar surface area (TPSA) is 84.5 Å². The lowest BCUT2D eigenvalue weighted by atomic mass is 10.2. The summed E-state index contributed by atoms with van der Waals surface area (Å²) in [5.74, 6) is 0.848. The van der Waals surface area contributed by atoms with E-state index in [4.69, 9.17) is 11.2 Å². The summed E-state index contributed by atoms with van der Waals surface area (Å²) in [7, 11) is 0. The Morgan fingerprint density at radius 1 is 1.35 bits per heavy atom. The smallest absolute Gasteiger partial charge is 0.338 e. The van der Waals surface area contributed by atoms with Crippen molar-refractivity contribution in [1.29, 1.82) is 0 Å². The summed E-state index contributed by atoms with van der Waals surface area (Å²) < 4.78 is 4.81. The molecule has 0 radical (unpaired) electrons. The van der Waals surface area contributed by atoms with Crippen LogP contribution in [0.1, 0.15) is 17.3 Å². The molecule has 0 unspecified atom stereocenters. The highest BCUT2D eigenvalue weighted by Gasteiger charge is 2.10. The van der Waals surface area contributed by atoms with E-state index in [1.54, 1.807) is 12.1 Å². The van der Waals surface area contributed by atoms with Gasteiger partial charge >= 0.3 is 5.97 Å². The molecule has 20 heavy (non-hydrogen) atoms. The van der Waals surface area contributed by atoms with Crippen LogP contribution in [-0.2, 0) is 14.3 Å². The fraction of sp³-hybridized carbons (Fsp3) is 0.214. The van der Waals surface area contributed by atoms with E-state index in [9.17, 15) is 14.4 Å². The first-order chi connectivity index (χ1) is 9.52. The zero-order valence-corrected chi connectivity index (χ0v) is 10.9. The second kappa shape index (κ2) is 7.59. The summed E-state index contributed by atoms with van der Waals surface area (Å²) in [6.45, 7) is 1.03. The van der Waals surface area contributed by atoms with Gasteiger partial charge < -0.3 is 15.4 Å². The van der Waals surface area contributed by atoms with Gasteiger partial charge in [0.25, 0.3) is 5.91 Å². The minimum absolute atomic E-state index is 0.0778. The van der Waals surface area contributed by atoms with Gasteiger partial charge in [0, 0.05) is 12.6 Å². The van der Waals surface area contributed by atoms with Crippen LogP contribution in [0, 0.1) is 12.3 Å². The molecule has 0 bridgehead atoms. The maximum absolute atomic E-state index is 11.7. The minimum Gasteiger partial charge on any atom is -0.452 e. The van der Waals surface area contributed by atoms with Gasteiger partial charge in [0.05, 0.1) is 12.1 Å². The SMILES string of the molecule is C#CCNC(=O)COC(=O)c1cccc(NC(C)=O)c1. The molecule has 0 aliphatic carbocycles. The van der Waals surface area contributed by atoms with Crippen LogP contribution < -0.4 is 10.6 Å². The largest absolute Gasteiger partial charge is 0.452 e. The van der Waals surface area contributed by atoms with Gasteiger partial charge in [0.2, 0.25) is 5.91 Å². The number of anilines is 1. The molecule has 6 nitrogen and oxygen atoms in total. The molecule has 1 aromatic carbocycles. The van der Waals surface area contributed by atoms with Gasteiger partial charge in [0.15, 0.2) is 6.61 Å². The monoisotopic (exact) mass is 274 g/mol. The molecule has 2 N–H and O–H groups in total. The summed E-state index contributed by atoms with van der Waals surface area (Å²) >= 11 is 0.